The van der Waals surface area contributed by atoms with E-state index < -0.39 is 6.10 Å². The van der Waals surface area contributed by atoms with Crippen LogP contribution < -0.4 is 0 Å². The van der Waals surface area contributed by atoms with Gasteiger partial charge in [0.15, 0.2) is 0 Å². The van der Waals surface area contributed by atoms with Crippen LogP contribution in [0.15, 0.2) is 12.4 Å². The van der Waals surface area contributed by atoms with Gasteiger partial charge >= 0.3 is 0 Å². The first-order valence-corrected chi connectivity index (χ1v) is 4.81. The van der Waals surface area contributed by atoms with Crippen molar-refractivity contribution in [1.82, 2.24) is 9.55 Å². The summed E-state index contributed by atoms with van der Waals surface area (Å²) in [6.45, 7) is 2.67. The summed E-state index contributed by atoms with van der Waals surface area (Å²) in [4.78, 5) is 4.12. The molecule has 80 valence electrons. The van der Waals surface area contributed by atoms with Gasteiger partial charge in [-0.15, -0.1) is 0 Å². The highest BCUT2D eigenvalue weighted by Crippen LogP contribution is 2.22. The summed E-state index contributed by atoms with van der Waals surface area (Å²) in [6.07, 6.45) is 3.86. The van der Waals surface area contributed by atoms with Crippen LogP contribution in [0.2, 0.25) is 0 Å². The molecule has 2 atom stereocenters. The number of nitrogens with zero attached hydrogens (tertiary/aromatic N) is 2. The zero-order chi connectivity index (χ0) is 10.6. The van der Waals surface area contributed by atoms with Crippen LogP contribution in [0.5, 0.6) is 0 Å². The van der Waals surface area contributed by atoms with E-state index in [-0.39, 0.29) is 5.92 Å². The molecule has 0 amide bonds. The number of hydrogen-bond donors (Lipinski definition) is 1. The molecule has 1 aromatic rings. The van der Waals surface area contributed by atoms with Gasteiger partial charge in [0.2, 0.25) is 0 Å². The quantitative estimate of drug-likeness (QED) is 0.771. The smallest absolute Gasteiger partial charge is 0.137 e. The molecule has 0 radical (unpaired) electrons. The van der Waals surface area contributed by atoms with Crippen LogP contribution in [0, 0.1) is 5.92 Å². The first kappa shape index (κ1) is 11.2. The van der Waals surface area contributed by atoms with Gasteiger partial charge < -0.3 is 14.4 Å². The molecule has 0 fully saturated rings. The Morgan fingerprint density at radius 2 is 2.36 bits per heavy atom. The molecule has 1 heterocycles. The molecule has 0 aliphatic rings. The lowest BCUT2D eigenvalue weighted by Crippen LogP contribution is -2.15. The van der Waals surface area contributed by atoms with Crippen molar-refractivity contribution in [2.45, 2.75) is 19.4 Å². The Morgan fingerprint density at radius 1 is 1.64 bits per heavy atom. The second-order valence-electron chi connectivity index (χ2n) is 3.60. The fourth-order valence-corrected chi connectivity index (χ4v) is 1.38. The van der Waals surface area contributed by atoms with Crippen molar-refractivity contribution in [1.29, 1.82) is 0 Å². The normalized spacial score (nSPS) is 15.4. The minimum atomic E-state index is -0.509. The maximum Gasteiger partial charge on any atom is 0.137 e. The van der Waals surface area contributed by atoms with Crippen molar-refractivity contribution in [3.8, 4) is 0 Å². The van der Waals surface area contributed by atoms with Crippen molar-refractivity contribution in [3.05, 3.63) is 18.2 Å². The number of ether oxygens (including phenoxy) is 1. The van der Waals surface area contributed by atoms with Gasteiger partial charge in [-0.05, 0) is 12.3 Å². The first-order valence-electron chi connectivity index (χ1n) is 4.81. The monoisotopic (exact) mass is 198 g/mol. The second kappa shape index (κ2) is 5.12. The molecule has 0 aliphatic heterocycles. The molecule has 1 rings (SSSR count). The second-order valence-corrected chi connectivity index (χ2v) is 3.60. The van der Waals surface area contributed by atoms with Gasteiger partial charge in [-0.3, -0.25) is 0 Å². The molecule has 0 bridgehead atoms. The number of methoxy groups -OCH3 is 1. The molecule has 1 aromatic heterocycles. The van der Waals surface area contributed by atoms with Crippen molar-refractivity contribution in [3.63, 3.8) is 0 Å². The summed E-state index contributed by atoms with van der Waals surface area (Å²) in [5, 5.41) is 9.95. The zero-order valence-electron chi connectivity index (χ0n) is 8.97. The van der Waals surface area contributed by atoms with E-state index in [0.29, 0.717) is 12.4 Å². The lowest BCUT2D eigenvalue weighted by atomic mass is 10.0. The number of imidazole rings is 1. The van der Waals surface area contributed by atoms with Crippen molar-refractivity contribution >= 4 is 0 Å². The van der Waals surface area contributed by atoms with E-state index >= 15 is 0 Å². The first-order chi connectivity index (χ1) is 6.66. The largest absolute Gasteiger partial charge is 0.385 e. The van der Waals surface area contributed by atoms with Crippen LogP contribution >= 0.6 is 0 Å². The molecular formula is C10H18N2O2. The standard InChI is InChI=1S/C10H18N2O2/c1-8(4-7-14-3)9(13)10-11-5-6-12(10)2/h5-6,8-9,13H,4,7H2,1-3H3. The fourth-order valence-electron chi connectivity index (χ4n) is 1.38. The van der Waals surface area contributed by atoms with E-state index in [4.69, 9.17) is 4.74 Å². The fraction of sp³-hybridized carbons (Fsp3) is 0.700. The maximum absolute atomic E-state index is 9.95. The van der Waals surface area contributed by atoms with E-state index in [0.717, 1.165) is 6.42 Å². The molecular weight excluding hydrogens is 180 g/mol. The van der Waals surface area contributed by atoms with E-state index in [2.05, 4.69) is 4.98 Å². The minimum Gasteiger partial charge on any atom is -0.385 e. The average molecular weight is 198 g/mol. The predicted molar refractivity (Wildman–Crippen MR) is 53.8 cm³/mol. The Morgan fingerprint density at radius 3 is 2.86 bits per heavy atom. The van der Waals surface area contributed by atoms with Gasteiger partial charge in [0.25, 0.3) is 0 Å². The van der Waals surface area contributed by atoms with E-state index in [1.165, 1.54) is 0 Å². The number of aromatic nitrogens is 2. The Balaban J connectivity index is 2.56. The minimum absolute atomic E-state index is 0.163. The van der Waals surface area contributed by atoms with Crippen LogP contribution in [-0.2, 0) is 11.8 Å². The van der Waals surface area contributed by atoms with Crippen molar-refractivity contribution < 1.29 is 9.84 Å². The molecule has 0 saturated carbocycles. The van der Waals surface area contributed by atoms with Crippen LogP contribution in [0.25, 0.3) is 0 Å². The topological polar surface area (TPSA) is 47.3 Å². The molecule has 4 heteroatoms. The maximum atomic E-state index is 9.95. The molecule has 4 nitrogen and oxygen atoms in total. The lowest BCUT2D eigenvalue weighted by Gasteiger charge is -2.17. The third-order valence-electron chi connectivity index (χ3n) is 2.44. The molecule has 1 N–H and O–H groups in total. The Labute approximate surface area is 84.5 Å². The van der Waals surface area contributed by atoms with Gasteiger partial charge in [-0.1, -0.05) is 6.92 Å². The van der Waals surface area contributed by atoms with Crippen LogP contribution in [0.4, 0.5) is 0 Å². The summed E-state index contributed by atoms with van der Waals surface area (Å²) >= 11 is 0. The number of hydrogen-bond acceptors (Lipinski definition) is 3. The average Bonchev–Trinajstić information content (AvgIpc) is 2.59. The number of aliphatic hydroxyl groups is 1. The molecule has 14 heavy (non-hydrogen) atoms. The molecule has 0 saturated heterocycles. The van der Waals surface area contributed by atoms with Gasteiger partial charge in [0, 0.05) is 33.2 Å². The van der Waals surface area contributed by atoms with Gasteiger partial charge in [-0.2, -0.15) is 0 Å². The summed E-state index contributed by atoms with van der Waals surface area (Å²) in [6, 6.07) is 0. The Bertz CT molecular complexity index is 273. The Kier molecular flexibility index (Phi) is 4.10. The predicted octanol–water partition coefficient (Wildman–Crippen LogP) is 1.13. The van der Waals surface area contributed by atoms with Crippen LogP contribution in [0.1, 0.15) is 25.3 Å². The molecule has 2 unspecified atom stereocenters. The SMILES string of the molecule is COCCC(C)C(O)c1nccn1C. The van der Waals surface area contributed by atoms with E-state index in [1.54, 1.807) is 13.3 Å². The molecule has 0 aliphatic carbocycles. The summed E-state index contributed by atoms with van der Waals surface area (Å²) in [7, 11) is 3.55. The zero-order valence-corrected chi connectivity index (χ0v) is 8.97. The van der Waals surface area contributed by atoms with Crippen molar-refractivity contribution in [2.24, 2.45) is 13.0 Å². The third-order valence-corrected chi connectivity index (χ3v) is 2.44. The van der Waals surface area contributed by atoms with Crippen molar-refractivity contribution in [2.75, 3.05) is 13.7 Å². The summed E-state index contributed by atoms with van der Waals surface area (Å²) < 4.78 is 6.81. The van der Waals surface area contributed by atoms with E-state index in [9.17, 15) is 5.11 Å². The summed E-state index contributed by atoms with van der Waals surface area (Å²) in [5.41, 5.74) is 0. The third kappa shape index (κ3) is 2.56. The highest BCUT2D eigenvalue weighted by molar-refractivity contribution is 4.96. The lowest BCUT2D eigenvalue weighted by molar-refractivity contribution is 0.0800. The molecule has 0 aromatic carbocycles. The highest BCUT2D eigenvalue weighted by atomic mass is 16.5. The van der Waals surface area contributed by atoms with E-state index in [1.807, 2.05) is 24.7 Å². The summed E-state index contributed by atoms with van der Waals surface area (Å²) in [5.74, 6) is 0.879. The number of rotatable bonds is 5. The van der Waals surface area contributed by atoms with Gasteiger partial charge in [0.05, 0.1) is 0 Å². The van der Waals surface area contributed by atoms with Crippen LogP contribution in [0.3, 0.4) is 0 Å². The van der Waals surface area contributed by atoms with Gasteiger partial charge in [-0.25, -0.2) is 4.98 Å². The molecule has 0 spiro atoms. The number of aliphatic hydroxyl groups excluding tert-OH is 1. The van der Waals surface area contributed by atoms with Gasteiger partial charge in [0.1, 0.15) is 11.9 Å². The van der Waals surface area contributed by atoms with Crippen LogP contribution in [-0.4, -0.2) is 28.4 Å². The Hall–Kier alpha value is -0.870. The highest BCUT2D eigenvalue weighted by Gasteiger charge is 2.19. The number of aryl methyl sites for hydroxylation is 1.